The molecule has 0 spiro atoms. The Morgan fingerprint density at radius 3 is 2.83 bits per heavy atom. The summed E-state index contributed by atoms with van der Waals surface area (Å²) < 4.78 is 6.63. The van der Waals surface area contributed by atoms with E-state index >= 15 is 0 Å². The lowest BCUT2D eigenvalue weighted by Gasteiger charge is -2.38. The first-order valence-corrected chi connectivity index (χ1v) is 7.26. The first-order valence-electron chi connectivity index (χ1n) is 6.47. The Hall–Kier alpha value is -0.680. The largest absolute Gasteiger partial charge is 0.372 e. The highest BCUT2D eigenvalue weighted by Gasteiger charge is 2.31. The first-order chi connectivity index (χ1) is 8.53. The molecule has 2 fully saturated rings. The number of hydrogen-bond acceptors (Lipinski definition) is 4. The third-order valence-corrected chi connectivity index (χ3v) is 3.80. The summed E-state index contributed by atoms with van der Waals surface area (Å²) in [5.41, 5.74) is -0.102. The second-order valence-corrected chi connectivity index (χ2v) is 6.52. The van der Waals surface area contributed by atoms with E-state index in [1.807, 2.05) is 6.07 Å². The lowest BCUT2D eigenvalue weighted by Crippen LogP contribution is -2.48. The van der Waals surface area contributed by atoms with Crippen molar-refractivity contribution in [2.45, 2.75) is 38.2 Å². The Kier molecular flexibility index (Phi) is 3.06. The van der Waals surface area contributed by atoms with Gasteiger partial charge in [0.15, 0.2) is 0 Å². The minimum absolute atomic E-state index is 0.102. The molecule has 2 aliphatic rings. The van der Waals surface area contributed by atoms with Crippen LogP contribution in [-0.2, 0) is 4.74 Å². The minimum Gasteiger partial charge on any atom is -0.372 e. The van der Waals surface area contributed by atoms with E-state index in [4.69, 9.17) is 9.72 Å². The molecule has 18 heavy (non-hydrogen) atoms. The highest BCUT2D eigenvalue weighted by Crippen LogP contribution is 2.39. The second kappa shape index (κ2) is 4.46. The molecule has 0 radical (unpaired) electrons. The molecule has 0 unspecified atom stereocenters. The van der Waals surface area contributed by atoms with Crippen LogP contribution in [0, 0.1) is 0 Å². The summed E-state index contributed by atoms with van der Waals surface area (Å²) in [7, 11) is 0. The Balaban J connectivity index is 1.86. The number of hydrogen-bond donors (Lipinski definition) is 0. The molecule has 1 saturated heterocycles. The van der Waals surface area contributed by atoms with E-state index in [0.717, 1.165) is 35.9 Å². The van der Waals surface area contributed by atoms with E-state index in [9.17, 15) is 0 Å². The van der Waals surface area contributed by atoms with Gasteiger partial charge in [-0.2, -0.15) is 0 Å². The van der Waals surface area contributed by atoms with Crippen LogP contribution < -0.4 is 4.90 Å². The van der Waals surface area contributed by atoms with Gasteiger partial charge in [0.1, 0.15) is 16.2 Å². The van der Waals surface area contributed by atoms with Crippen molar-refractivity contribution in [1.82, 2.24) is 9.97 Å². The topological polar surface area (TPSA) is 38.2 Å². The number of anilines is 1. The zero-order chi connectivity index (χ0) is 12.8. The third-order valence-electron chi connectivity index (χ3n) is 3.39. The van der Waals surface area contributed by atoms with Crippen LogP contribution in [0.4, 0.5) is 5.82 Å². The van der Waals surface area contributed by atoms with Crippen molar-refractivity contribution in [2.75, 3.05) is 24.6 Å². The van der Waals surface area contributed by atoms with Crippen molar-refractivity contribution in [1.29, 1.82) is 0 Å². The highest BCUT2D eigenvalue weighted by molar-refractivity contribution is 9.10. The van der Waals surface area contributed by atoms with Gasteiger partial charge in [0.2, 0.25) is 0 Å². The summed E-state index contributed by atoms with van der Waals surface area (Å²) in [4.78, 5) is 11.5. The van der Waals surface area contributed by atoms with Gasteiger partial charge in [0, 0.05) is 25.1 Å². The van der Waals surface area contributed by atoms with E-state index in [1.54, 1.807) is 0 Å². The summed E-state index contributed by atoms with van der Waals surface area (Å²) in [6, 6.07) is 2.01. The molecule has 98 valence electrons. The van der Waals surface area contributed by atoms with Crippen LogP contribution in [0.1, 0.15) is 38.4 Å². The molecule has 0 atom stereocenters. The van der Waals surface area contributed by atoms with Crippen molar-refractivity contribution in [2.24, 2.45) is 0 Å². The fourth-order valence-corrected chi connectivity index (χ4v) is 2.71. The summed E-state index contributed by atoms with van der Waals surface area (Å²) in [6.07, 6.45) is 2.45. The zero-order valence-corrected chi connectivity index (χ0v) is 12.4. The molecule has 4 nitrogen and oxygen atoms in total. The predicted octanol–water partition coefficient (Wildman–Crippen LogP) is 2.73. The molecular formula is C13H18BrN3O. The maximum Gasteiger partial charge on any atom is 0.135 e. The number of halogens is 1. The fourth-order valence-electron chi connectivity index (χ4n) is 2.32. The third kappa shape index (κ3) is 2.67. The van der Waals surface area contributed by atoms with E-state index < -0.39 is 0 Å². The van der Waals surface area contributed by atoms with Crippen LogP contribution in [-0.4, -0.2) is 35.3 Å². The van der Waals surface area contributed by atoms with Crippen molar-refractivity contribution in [3.05, 3.63) is 16.5 Å². The smallest absolute Gasteiger partial charge is 0.135 e. The van der Waals surface area contributed by atoms with Gasteiger partial charge < -0.3 is 9.64 Å². The molecule has 0 amide bonds. The Morgan fingerprint density at radius 2 is 2.17 bits per heavy atom. The van der Waals surface area contributed by atoms with Crippen molar-refractivity contribution >= 4 is 21.7 Å². The summed E-state index contributed by atoms with van der Waals surface area (Å²) >= 11 is 3.50. The van der Waals surface area contributed by atoms with Gasteiger partial charge in [-0.3, -0.25) is 0 Å². The van der Waals surface area contributed by atoms with Crippen molar-refractivity contribution < 1.29 is 4.74 Å². The molecule has 1 aromatic heterocycles. The predicted molar refractivity (Wildman–Crippen MR) is 74.0 cm³/mol. The van der Waals surface area contributed by atoms with Gasteiger partial charge in [0.25, 0.3) is 0 Å². The highest BCUT2D eigenvalue weighted by atomic mass is 79.9. The molecular weight excluding hydrogens is 294 g/mol. The van der Waals surface area contributed by atoms with E-state index in [1.165, 1.54) is 12.8 Å². The molecule has 5 heteroatoms. The first kappa shape index (κ1) is 12.4. The SMILES string of the molecule is CC1(C)CN(c2cc(Br)nc(C3CC3)n2)CCO1. The molecule has 0 bridgehead atoms. The molecule has 3 rings (SSSR count). The number of aromatic nitrogens is 2. The summed E-state index contributed by atoms with van der Waals surface area (Å²) in [5, 5.41) is 0. The monoisotopic (exact) mass is 311 g/mol. The van der Waals surface area contributed by atoms with E-state index in [-0.39, 0.29) is 5.60 Å². The molecule has 0 N–H and O–H groups in total. The van der Waals surface area contributed by atoms with Gasteiger partial charge in [-0.05, 0) is 42.6 Å². The maximum absolute atomic E-state index is 5.74. The quantitative estimate of drug-likeness (QED) is 0.787. The molecule has 1 aromatic rings. The van der Waals surface area contributed by atoms with Crippen LogP contribution in [0.5, 0.6) is 0 Å². The Labute approximate surface area is 116 Å². The molecule has 1 aliphatic carbocycles. The standard InChI is InChI=1S/C13H18BrN3O/c1-13(2)8-17(5-6-18-13)11-7-10(14)15-12(16-11)9-3-4-9/h7,9H,3-6,8H2,1-2H3. The molecule has 0 aromatic carbocycles. The van der Waals surface area contributed by atoms with Gasteiger partial charge in [-0.25, -0.2) is 9.97 Å². The van der Waals surface area contributed by atoms with E-state index in [2.05, 4.69) is 39.7 Å². The zero-order valence-electron chi connectivity index (χ0n) is 10.8. The van der Waals surface area contributed by atoms with E-state index in [0.29, 0.717) is 5.92 Å². The summed E-state index contributed by atoms with van der Waals surface area (Å²) in [6.45, 7) is 6.78. The Morgan fingerprint density at radius 1 is 1.39 bits per heavy atom. The van der Waals surface area contributed by atoms with Crippen LogP contribution in [0.2, 0.25) is 0 Å². The van der Waals surface area contributed by atoms with Gasteiger partial charge in [-0.1, -0.05) is 0 Å². The fraction of sp³-hybridized carbons (Fsp3) is 0.692. The minimum atomic E-state index is -0.102. The van der Waals surface area contributed by atoms with Crippen molar-refractivity contribution in [3.63, 3.8) is 0 Å². The summed E-state index contributed by atoms with van der Waals surface area (Å²) in [5.74, 6) is 2.59. The lowest BCUT2D eigenvalue weighted by atomic mass is 10.1. The van der Waals surface area contributed by atoms with Crippen LogP contribution in [0.25, 0.3) is 0 Å². The molecule has 1 saturated carbocycles. The van der Waals surface area contributed by atoms with Crippen molar-refractivity contribution in [3.8, 4) is 0 Å². The maximum atomic E-state index is 5.74. The number of ether oxygens (including phenoxy) is 1. The lowest BCUT2D eigenvalue weighted by molar-refractivity contribution is -0.0279. The van der Waals surface area contributed by atoms with Gasteiger partial charge in [0.05, 0.1) is 12.2 Å². The van der Waals surface area contributed by atoms with Crippen LogP contribution >= 0.6 is 15.9 Å². The average molecular weight is 312 g/mol. The number of morpholine rings is 1. The number of rotatable bonds is 2. The van der Waals surface area contributed by atoms with Gasteiger partial charge in [-0.15, -0.1) is 0 Å². The number of nitrogens with zero attached hydrogens (tertiary/aromatic N) is 3. The molecule has 2 heterocycles. The second-order valence-electron chi connectivity index (χ2n) is 5.71. The van der Waals surface area contributed by atoms with Gasteiger partial charge >= 0.3 is 0 Å². The van der Waals surface area contributed by atoms with Crippen LogP contribution in [0.3, 0.4) is 0 Å². The Bertz CT molecular complexity index is 460. The molecule has 1 aliphatic heterocycles. The average Bonchev–Trinajstić information content (AvgIpc) is 3.10. The van der Waals surface area contributed by atoms with Crippen LogP contribution in [0.15, 0.2) is 10.7 Å². The normalized spacial score (nSPS) is 23.2.